The van der Waals surface area contributed by atoms with Gasteiger partial charge in [0.05, 0.1) is 9.13 Å². The second-order valence-corrected chi connectivity index (χ2v) is 6.23. The van der Waals surface area contributed by atoms with Crippen LogP contribution in [0.2, 0.25) is 0 Å². The quantitative estimate of drug-likeness (QED) is 0.585. The van der Waals surface area contributed by atoms with E-state index in [4.69, 9.17) is 0 Å². The molecular formula is C12H11I2N3O2. The molecule has 0 atom stereocenters. The summed E-state index contributed by atoms with van der Waals surface area (Å²) in [5.41, 5.74) is 0.302. The highest BCUT2D eigenvalue weighted by Gasteiger charge is 2.14. The van der Waals surface area contributed by atoms with E-state index < -0.39 is 0 Å². The molecule has 0 unspecified atom stereocenters. The lowest BCUT2D eigenvalue weighted by molar-refractivity contribution is 0.0951. The number of H-pyrrole nitrogens is 1. The van der Waals surface area contributed by atoms with Crippen molar-refractivity contribution in [3.8, 4) is 5.75 Å². The monoisotopic (exact) mass is 483 g/mol. The van der Waals surface area contributed by atoms with Crippen molar-refractivity contribution in [2.24, 2.45) is 0 Å². The maximum absolute atomic E-state index is 12.0. The van der Waals surface area contributed by atoms with E-state index in [-0.39, 0.29) is 11.7 Å². The summed E-state index contributed by atoms with van der Waals surface area (Å²) in [5.74, 6) is 0.568. The van der Waals surface area contributed by atoms with Crippen LogP contribution in [-0.4, -0.2) is 27.5 Å². The summed E-state index contributed by atoms with van der Waals surface area (Å²) < 4.78 is 1.58. The maximum Gasteiger partial charge on any atom is 0.255 e. The van der Waals surface area contributed by atoms with Gasteiger partial charge in [-0.2, -0.15) is 0 Å². The van der Waals surface area contributed by atoms with Crippen LogP contribution >= 0.6 is 45.2 Å². The van der Waals surface area contributed by atoms with Gasteiger partial charge >= 0.3 is 0 Å². The Morgan fingerprint density at radius 1 is 1.42 bits per heavy atom. The van der Waals surface area contributed by atoms with Crippen molar-refractivity contribution in [1.82, 2.24) is 15.3 Å². The van der Waals surface area contributed by atoms with Crippen molar-refractivity contribution in [2.75, 3.05) is 6.54 Å². The van der Waals surface area contributed by atoms with Gasteiger partial charge in [-0.1, -0.05) is 0 Å². The number of aromatic nitrogens is 2. The van der Waals surface area contributed by atoms with Gasteiger partial charge in [-0.05, 0) is 57.3 Å². The first-order valence-corrected chi connectivity index (χ1v) is 7.68. The van der Waals surface area contributed by atoms with Crippen molar-refractivity contribution in [2.45, 2.75) is 6.42 Å². The summed E-state index contributed by atoms with van der Waals surface area (Å²) in [4.78, 5) is 19.0. The van der Waals surface area contributed by atoms with E-state index in [0.717, 1.165) is 9.39 Å². The second-order valence-electron chi connectivity index (χ2n) is 3.83. The van der Waals surface area contributed by atoms with Gasteiger partial charge in [0.1, 0.15) is 11.6 Å². The number of nitrogens with one attached hydrogen (secondary N) is 2. The highest BCUT2D eigenvalue weighted by molar-refractivity contribution is 14.1. The zero-order valence-corrected chi connectivity index (χ0v) is 14.1. The molecule has 2 aromatic rings. The standard InChI is InChI=1S/C12H11I2N3O2/c13-7-5-8(11(18)9(14)6-7)12(19)17-2-1-10-15-3-4-16-10/h3-6,18H,1-2H2,(H,15,16)(H,17,19). The zero-order chi connectivity index (χ0) is 13.8. The minimum atomic E-state index is -0.277. The maximum atomic E-state index is 12.0. The largest absolute Gasteiger partial charge is 0.506 e. The number of imidazole rings is 1. The third kappa shape index (κ3) is 3.81. The number of carbonyl (C=O) groups is 1. The predicted molar refractivity (Wildman–Crippen MR) is 88.2 cm³/mol. The van der Waals surface area contributed by atoms with Gasteiger partial charge in [0.25, 0.3) is 5.91 Å². The van der Waals surface area contributed by atoms with Crippen molar-refractivity contribution in [1.29, 1.82) is 0 Å². The molecule has 0 aliphatic carbocycles. The average Bonchev–Trinajstić information content (AvgIpc) is 2.86. The van der Waals surface area contributed by atoms with Crippen LogP contribution in [0.15, 0.2) is 24.5 Å². The van der Waals surface area contributed by atoms with Crippen LogP contribution in [0.1, 0.15) is 16.2 Å². The molecule has 5 nitrogen and oxygen atoms in total. The summed E-state index contributed by atoms with van der Waals surface area (Å²) in [6, 6.07) is 3.48. The molecule has 19 heavy (non-hydrogen) atoms. The molecule has 0 spiro atoms. The van der Waals surface area contributed by atoms with Gasteiger partial charge in [-0.25, -0.2) is 4.98 Å². The minimum Gasteiger partial charge on any atom is -0.506 e. The van der Waals surface area contributed by atoms with Crippen LogP contribution in [0, 0.1) is 7.14 Å². The Morgan fingerprint density at radius 2 is 2.21 bits per heavy atom. The smallest absolute Gasteiger partial charge is 0.255 e. The number of aromatic amines is 1. The summed E-state index contributed by atoms with van der Waals surface area (Å²) in [7, 11) is 0. The molecule has 2 rings (SSSR count). The van der Waals surface area contributed by atoms with Crippen LogP contribution in [-0.2, 0) is 6.42 Å². The SMILES string of the molecule is O=C(NCCc1ncc[nH]1)c1cc(I)cc(I)c1O. The van der Waals surface area contributed by atoms with Gasteiger partial charge in [0.15, 0.2) is 0 Å². The molecule has 1 amide bonds. The number of aromatic hydroxyl groups is 1. The lowest BCUT2D eigenvalue weighted by atomic mass is 10.2. The number of rotatable bonds is 4. The number of hydrogen-bond donors (Lipinski definition) is 3. The third-order valence-corrected chi connectivity index (χ3v) is 3.92. The van der Waals surface area contributed by atoms with Crippen LogP contribution in [0.5, 0.6) is 5.75 Å². The predicted octanol–water partition coefficient (Wildman–Crippen LogP) is 2.30. The Bertz CT molecular complexity index is 585. The molecule has 1 heterocycles. The number of hydrogen-bond acceptors (Lipinski definition) is 3. The Labute approximate surface area is 137 Å². The summed E-state index contributed by atoms with van der Waals surface area (Å²) in [6.07, 6.45) is 4.04. The average molecular weight is 483 g/mol. The lowest BCUT2D eigenvalue weighted by Crippen LogP contribution is -2.26. The molecule has 0 aliphatic rings. The minimum absolute atomic E-state index is 0.0246. The third-order valence-electron chi connectivity index (χ3n) is 2.48. The number of benzene rings is 1. The Balaban J connectivity index is 2.00. The normalized spacial score (nSPS) is 10.4. The summed E-state index contributed by atoms with van der Waals surface area (Å²) >= 11 is 4.12. The van der Waals surface area contributed by atoms with E-state index in [9.17, 15) is 9.90 Å². The summed E-state index contributed by atoms with van der Waals surface area (Å²) in [6.45, 7) is 0.466. The van der Waals surface area contributed by atoms with Crippen molar-refractivity contribution < 1.29 is 9.90 Å². The lowest BCUT2D eigenvalue weighted by Gasteiger charge is -2.08. The fourth-order valence-electron chi connectivity index (χ4n) is 1.56. The molecule has 7 heteroatoms. The molecule has 1 aromatic carbocycles. The van der Waals surface area contributed by atoms with Crippen molar-refractivity contribution in [3.05, 3.63) is 43.1 Å². The molecule has 3 N–H and O–H groups in total. The van der Waals surface area contributed by atoms with E-state index in [1.54, 1.807) is 18.5 Å². The van der Waals surface area contributed by atoms with Gasteiger partial charge in [-0.15, -0.1) is 0 Å². The van der Waals surface area contributed by atoms with Crippen LogP contribution in [0.3, 0.4) is 0 Å². The fraction of sp³-hybridized carbons (Fsp3) is 0.167. The van der Waals surface area contributed by atoms with Crippen molar-refractivity contribution >= 4 is 51.1 Å². The first-order valence-electron chi connectivity index (χ1n) is 5.52. The Kier molecular flexibility index (Phi) is 5.02. The highest BCUT2D eigenvalue weighted by atomic mass is 127. The topological polar surface area (TPSA) is 78.0 Å². The Hall–Kier alpha value is -0.840. The van der Waals surface area contributed by atoms with Crippen LogP contribution in [0.25, 0.3) is 0 Å². The van der Waals surface area contributed by atoms with Gasteiger partial charge in [0, 0.05) is 28.9 Å². The van der Waals surface area contributed by atoms with Crippen molar-refractivity contribution in [3.63, 3.8) is 0 Å². The fourth-order valence-corrected chi connectivity index (χ4v) is 3.41. The molecule has 0 bridgehead atoms. The molecule has 1 aromatic heterocycles. The van der Waals surface area contributed by atoms with E-state index in [0.29, 0.717) is 22.1 Å². The van der Waals surface area contributed by atoms with E-state index in [1.807, 2.05) is 28.7 Å². The molecule has 0 aliphatic heterocycles. The van der Waals surface area contributed by atoms with E-state index >= 15 is 0 Å². The molecular weight excluding hydrogens is 472 g/mol. The zero-order valence-electron chi connectivity index (χ0n) is 9.78. The van der Waals surface area contributed by atoms with E-state index in [1.165, 1.54) is 0 Å². The first kappa shape index (κ1) is 14.6. The van der Waals surface area contributed by atoms with Crippen LogP contribution in [0.4, 0.5) is 0 Å². The second kappa shape index (κ2) is 6.55. The number of carbonyl (C=O) groups excluding carboxylic acids is 1. The summed E-state index contributed by atoms with van der Waals surface area (Å²) in [5, 5.41) is 12.7. The molecule has 0 saturated carbocycles. The highest BCUT2D eigenvalue weighted by Crippen LogP contribution is 2.26. The van der Waals surface area contributed by atoms with Gasteiger partial charge < -0.3 is 15.4 Å². The van der Waals surface area contributed by atoms with Gasteiger partial charge in [0.2, 0.25) is 0 Å². The molecule has 100 valence electrons. The Morgan fingerprint density at radius 3 is 2.89 bits per heavy atom. The molecule has 0 fully saturated rings. The number of phenolic OH excluding ortho intramolecular Hbond substituents is 1. The van der Waals surface area contributed by atoms with Crippen LogP contribution < -0.4 is 5.32 Å². The number of phenols is 1. The van der Waals surface area contributed by atoms with E-state index in [2.05, 4.69) is 37.9 Å². The number of halogens is 2. The first-order chi connectivity index (χ1) is 9.08. The number of amides is 1. The molecule has 0 saturated heterocycles. The van der Waals surface area contributed by atoms with Gasteiger partial charge in [-0.3, -0.25) is 4.79 Å². The molecule has 0 radical (unpaired) electrons. The number of nitrogens with zero attached hydrogens (tertiary/aromatic N) is 1.